The van der Waals surface area contributed by atoms with Gasteiger partial charge in [-0.2, -0.15) is 4.99 Å². The molecule has 4 rings (SSSR count). The first-order valence-corrected chi connectivity index (χ1v) is 9.49. The molecular weight excluding hydrogens is 457 g/mol. The molecule has 2 aliphatic heterocycles. The Hall–Kier alpha value is -3.59. The van der Waals surface area contributed by atoms with E-state index < -0.39 is 17.7 Å². The first-order valence-electron chi connectivity index (χ1n) is 8.70. The number of hydrogen-bond donors (Lipinski definition) is 1. The van der Waals surface area contributed by atoms with Crippen LogP contribution in [0, 0.1) is 11.2 Å². The number of nitrogens with zero attached hydrogens (tertiary/aromatic N) is 2. The van der Waals surface area contributed by atoms with E-state index in [4.69, 9.17) is 15.0 Å². The Morgan fingerprint density at radius 1 is 1.30 bits per heavy atom. The van der Waals surface area contributed by atoms with Gasteiger partial charge in [-0.1, -0.05) is 18.2 Å². The summed E-state index contributed by atoms with van der Waals surface area (Å²) in [6.07, 6.45) is 3.05. The van der Waals surface area contributed by atoms with Crippen LogP contribution in [0.4, 0.5) is 4.39 Å². The van der Waals surface area contributed by atoms with E-state index in [0.717, 1.165) is 0 Å². The van der Waals surface area contributed by atoms with Crippen LogP contribution in [0.5, 0.6) is 5.75 Å². The van der Waals surface area contributed by atoms with Gasteiger partial charge in [0.05, 0.1) is 15.6 Å². The predicted octanol–water partition coefficient (Wildman–Crippen LogP) is 4.26. The minimum absolute atomic E-state index is 0.0462. The van der Waals surface area contributed by atoms with Gasteiger partial charge in [0.25, 0.3) is 5.91 Å². The van der Waals surface area contributed by atoms with E-state index in [2.05, 4.69) is 20.9 Å². The number of amidine groups is 2. The summed E-state index contributed by atoms with van der Waals surface area (Å²) in [5.74, 6) is -1.24. The summed E-state index contributed by atoms with van der Waals surface area (Å²) in [5, 5.41) is 9.40. The fourth-order valence-corrected chi connectivity index (χ4v) is 3.32. The van der Waals surface area contributed by atoms with Crippen LogP contribution >= 0.6 is 15.9 Å². The maximum Gasteiger partial charge on any atom is 0.346 e. The standard InChI is InChI=1S/C21H13BrFN3O4/c1-11-8-18-25-20(27)14(19(24)26(18)30-11)9-12-6-7-17(15(22)10-12)29-21(28)13-4-2-3-5-16(13)23/h2-10,24H,1H3/b14-9+,24-19?. The second-order valence-corrected chi connectivity index (χ2v) is 7.24. The van der Waals surface area contributed by atoms with Crippen molar-refractivity contribution in [1.82, 2.24) is 5.06 Å². The quantitative estimate of drug-likeness (QED) is 0.411. The maximum atomic E-state index is 13.8. The van der Waals surface area contributed by atoms with Gasteiger partial charge >= 0.3 is 5.97 Å². The van der Waals surface area contributed by atoms with Crippen LogP contribution in [0.1, 0.15) is 22.8 Å². The van der Waals surface area contributed by atoms with Crippen LogP contribution in [-0.2, 0) is 9.63 Å². The van der Waals surface area contributed by atoms with Crippen LogP contribution in [0.25, 0.3) is 6.08 Å². The van der Waals surface area contributed by atoms with Crippen molar-refractivity contribution in [1.29, 1.82) is 5.41 Å². The summed E-state index contributed by atoms with van der Waals surface area (Å²) in [6, 6.07) is 10.2. The highest BCUT2D eigenvalue weighted by Gasteiger charge is 2.34. The normalized spacial score (nSPS) is 16.8. The zero-order valence-corrected chi connectivity index (χ0v) is 17.1. The van der Waals surface area contributed by atoms with Crippen LogP contribution in [0.2, 0.25) is 0 Å². The number of nitrogens with one attached hydrogen (secondary N) is 1. The van der Waals surface area contributed by atoms with Crippen molar-refractivity contribution < 1.29 is 23.6 Å². The van der Waals surface area contributed by atoms with Gasteiger partial charge in [-0.3, -0.25) is 10.2 Å². The highest BCUT2D eigenvalue weighted by molar-refractivity contribution is 9.10. The number of rotatable bonds is 3. The molecule has 0 atom stereocenters. The molecule has 0 radical (unpaired) electrons. The van der Waals surface area contributed by atoms with E-state index in [0.29, 0.717) is 15.8 Å². The lowest BCUT2D eigenvalue weighted by Crippen LogP contribution is -2.38. The van der Waals surface area contributed by atoms with Crippen LogP contribution in [-0.4, -0.2) is 28.6 Å². The molecule has 9 heteroatoms. The smallest absolute Gasteiger partial charge is 0.346 e. The molecule has 1 N–H and O–H groups in total. The minimum atomic E-state index is -0.833. The molecule has 0 saturated carbocycles. The van der Waals surface area contributed by atoms with E-state index in [1.54, 1.807) is 25.1 Å². The van der Waals surface area contributed by atoms with Gasteiger partial charge in [0.1, 0.15) is 17.3 Å². The summed E-state index contributed by atoms with van der Waals surface area (Å²) in [4.78, 5) is 33.8. The van der Waals surface area contributed by atoms with E-state index in [1.165, 1.54) is 41.5 Å². The number of ether oxygens (including phenoxy) is 1. The highest BCUT2D eigenvalue weighted by Crippen LogP contribution is 2.29. The number of halogens is 2. The van der Waals surface area contributed by atoms with Gasteiger partial charge in [-0.05, 0) is 58.8 Å². The van der Waals surface area contributed by atoms with Crippen molar-refractivity contribution >= 4 is 45.6 Å². The molecule has 2 aromatic rings. The summed E-state index contributed by atoms with van der Waals surface area (Å²) in [5.41, 5.74) is 0.424. The van der Waals surface area contributed by atoms with Gasteiger partial charge in [-0.25, -0.2) is 9.18 Å². The van der Waals surface area contributed by atoms with E-state index >= 15 is 0 Å². The monoisotopic (exact) mass is 469 g/mol. The average molecular weight is 470 g/mol. The molecule has 0 bridgehead atoms. The minimum Gasteiger partial charge on any atom is -0.422 e. The van der Waals surface area contributed by atoms with Gasteiger partial charge < -0.3 is 9.57 Å². The number of carbonyl (C=O) groups is 2. The first kappa shape index (κ1) is 19.7. The van der Waals surface area contributed by atoms with E-state index in [-0.39, 0.29) is 28.6 Å². The SMILES string of the molecule is CC1=CC2=NC(=O)/C(=C/c3ccc(OC(=O)c4ccccc4F)c(Br)c3)C(=N)N2O1. The van der Waals surface area contributed by atoms with Crippen molar-refractivity contribution in [3.05, 3.63) is 81.3 Å². The third-order valence-electron chi connectivity index (χ3n) is 4.24. The molecule has 0 aliphatic carbocycles. The number of benzene rings is 2. The third kappa shape index (κ3) is 3.67. The van der Waals surface area contributed by atoms with Gasteiger partial charge in [-0.15, -0.1) is 5.06 Å². The van der Waals surface area contributed by atoms with Crippen LogP contribution in [0.3, 0.4) is 0 Å². The molecule has 0 aromatic heterocycles. The fourth-order valence-electron chi connectivity index (χ4n) is 2.84. The fraction of sp³-hybridized carbons (Fsp3) is 0.0476. The molecule has 2 heterocycles. The van der Waals surface area contributed by atoms with Crippen molar-refractivity contribution in [2.24, 2.45) is 4.99 Å². The molecule has 0 saturated heterocycles. The van der Waals surface area contributed by atoms with Crippen molar-refractivity contribution in [3.8, 4) is 5.75 Å². The Morgan fingerprint density at radius 2 is 2.07 bits per heavy atom. The largest absolute Gasteiger partial charge is 0.422 e. The summed E-state index contributed by atoms with van der Waals surface area (Å²) >= 11 is 3.30. The third-order valence-corrected chi connectivity index (χ3v) is 4.86. The Balaban J connectivity index is 1.57. The summed E-state index contributed by atoms with van der Waals surface area (Å²) in [6.45, 7) is 1.69. The van der Waals surface area contributed by atoms with Gasteiger partial charge in [0, 0.05) is 6.08 Å². The van der Waals surface area contributed by atoms with E-state index in [9.17, 15) is 14.0 Å². The summed E-state index contributed by atoms with van der Waals surface area (Å²) in [7, 11) is 0. The molecule has 0 unspecified atom stereocenters. The lowest BCUT2D eigenvalue weighted by Gasteiger charge is -2.23. The average Bonchev–Trinajstić information content (AvgIpc) is 3.07. The van der Waals surface area contributed by atoms with E-state index in [1.807, 2.05) is 0 Å². The molecule has 1 amide bonds. The Kier molecular flexibility index (Phi) is 5.04. The van der Waals surface area contributed by atoms with Gasteiger partial charge in [0.15, 0.2) is 11.7 Å². The second kappa shape index (κ2) is 7.68. The zero-order chi connectivity index (χ0) is 21.4. The molecule has 2 aromatic carbocycles. The number of hydrogen-bond acceptors (Lipinski definition) is 5. The Labute approximate surface area is 178 Å². The first-order chi connectivity index (χ1) is 14.3. The lowest BCUT2D eigenvalue weighted by molar-refractivity contribution is -0.114. The van der Waals surface area contributed by atoms with Gasteiger partial charge in [0.2, 0.25) is 0 Å². The molecule has 7 nitrogen and oxygen atoms in total. The number of carbonyl (C=O) groups excluding carboxylic acids is 2. The second-order valence-electron chi connectivity index (χ2n) is 6.38. The number of esters is 1. The lowest BCUT2D eigenvalue weighted by atomic mass is 10.1. The topological polar surface area (TPSA) is 92.0 Å². The van der Waals surface area contributed by atoms with Crippen LogP contribution in [0.15, 0.2) is 69.3 Å². The Bertz CT molecular complexity index is 1200. The number of aliphatic imine (C=N–C) groups is 1. The maximum absolute atomic E-state index is 13.8. The Morgan fingerprint density at radius 3 is 2.80 bits per heavy atom. The molecule has 150 valence electrons. The molecule has 0 spiro atoms. The number of fused-ring (bicyclic) bond motifs is 1. The summed E-state index contributed by atoms with van der Waals surface area (Å²) < 4.78 is 19.4. The molecule has 0 fully saturated rings. The number of allylic oxidation sites excluding steroid dienone is 1. The van der Waals surface area contributed by atoms with Crippen molar-refractivity contribution in [2.75, 3.05) is 0 Å². The van der Waals surface area contributed by atoms with Crippen molar-refractivity contribution in [2.45, 2.75) is 6.92 Å². The molecule has 2 aliphatic rings. The number of hydroxylamine groups is 2. The zero-order valence-electron chi connectivity index (χ0n) is 15.5. The molecular formula is C21H13BrFN3O4. The van der Waals surface area contributed by atoms with Crippen molar-refractivity contribution in [3.63, 3.8) is 0 Å². The molecule has 30 heavy (non-hydrogen) atoms. The predicted molar refractivity (Wildman–Crippen MR) is 110 cm³/mol. The van der Waals surface area contributed by atoms with Crippen LogP contribution < -0.4 is 4.74 Å². The highest BCUT2D eigenvalue weighted by atomic mass is 79.9. The number of amides is 1.